The maximum Gasteiger partial charge on any atom is 0.307 e. The van der Waals surface area contributed by atoms with Gasteiger partial charge in [-0.15, -0.1) is 0 Å². The van der Waals surface area contributed by atoms with Gasteiger partial charge in [-0.3, -0.25) is 9.52 Å². The molecule has 0 fully saturated rings. The number of hydrogen-bond acceptors (Lipinski definition) is 3. The third kappa shape index (κ3) is 3.62. The molecule has 0 atom stereocenters. The molecule has 0 bridgehead atoms. The molecule has 0 unspecified atom stereocenters. The molecule has 22 heavy (non-hydrogen) atoms. The van der Waals surface area contributed by atoms with Crippen LogP contribution in [0, 0.1) is 12.7 Å². The average Bonchev–Trinajstić information content (AvgIpc) is 2.40. The largest absolute Gasteiger partial charge is 0.481 e. The van der Waals surface area contributed by atoms with Crippen molar-refractivity contribution < 1.29 is 22.7 Å². The van der Waals surface area contributed by atoms with E-state index in [4.69, 9.17) is 5.11 Å². The predicted molar refractivity (Wildman–Crippen MR) is 79.7 cm³/mol. The van der Waals surface area contributed by atoms with E-state index < -0.39 is 21.8 Å². The Balaban J connectivity index is 2.33. The van der Waals surface area contributed by atoms with Gasteiger partial charge >= 0.3 is 5.97 Å². The molecule has 5 nitrogen and oxygen atoms in total. The van der Waals surface area contributed by atoms with E-state index in [0.29, 0.717) is 5.56 Å². The second-order valence-corrected chi connectivity index (χ2v) is 6.39. The fourth-order valence-electron chi connectivity index (χ4n) is 2.01. The lowest BCUT2D eigenvalue weighted by Gasteiger charge is -2.11. The summed E-state index contributed by atoms with van der Waals surface area (Å²) in [6.45, 7) is 1.38. The molecular weight excluding hydrogens is 309 g/mol. The van der Waals surface area contributed by atoms with E-state index in [1.54, 1.807) is 12.1 Å². The molecule has 0 aliphatic carbocycles. The minimum Gasteiger partial charge on any atom is -0.481 e. The van der Waals surface area contributed by atoms with Crippen LogP contribution in [0.4, 0.5) is 10.1 Å². The highest BCUT2D eigenvalue weighted by molar-refractivity contribution is 7.92. The molecule has 0 saturated carbocycles. The summed E-state index contributed by atoms with van der Waals surface area (Å²) in [4.78, 5) is 10.5. The predicted octanol–water partition coefficient (Wildman–Crippen LogP) is 2.56. The first-order valence-electron chi connectivity index (χ1n) is 6.38. The third-order valence-electron chi connectivity index (χ3n) is 3.04. The number of carbonyl (C=O) groups is 1. The van der Waals surface area contributed by atoms with Crippen molar-refractivity contribution in [3.63, 3.8) is 0 Å². The smallest absolute Gasteiger partial charge is 0.307 e. The maximum atomic E-state index is 13.5. The SMILES string of the molecule is Cc1c(F)cccc1S(=O)(=O)Nc1cccc(CC(=O)O)c1. The van der Waals surface area contributed by atoms with Crippen LogP contribution in [0.25, 0.3) is 0 Å². The van der Waals surface area contributed by atoms with E-state index in [1.165, 1.54) is 37.3 Å². The molecule has 2 rings (SSSR count). The molecule has 0 saturated heterocycles. The normalized spacial score (nSPS) is 11.2. The Bertz CT molecular complexity index is 818. The van der Waals surface area contributed by atoms with Crippen molar-refractivity contribution in [3.8, 4) is 0 Å². The standard InChI is InChI=1S/C15H14FNO4S/c1-10-13(16)6-3-7-14(10)22(20,21)17-12-5-2-4-11(8-12)9-15(18)19/h2-8,17H,9H2,1H3,(H,18,19). The van der Waals surface area contributed by atoms with E-state index in [0.717, 1.165) is 0 Å². The quantitative estimate of drug-likeness (QED) is 0.886. The first kappa shape index (κ1) is 16.0. The minimum atomic E-state index is -3.95. The van der Waals surface area contributed by atoms with Crippen LogP contribution >= 0.6 is 0 Å². The number of hydrogen-bond donors (Lipinski definition) is 2. The summed E-state index contributed by atoms with van der Waals surface area (Å²) in [5, 5.41) is 8.75. The fraction of sp³-hybridized carbons (Fsp3) is 0.133. The second kappa shape index (κ2) is 6.15. The van der Waals surface area contributed by atoms with Gasteiger partial charge in [0.15, 0.2) is 0 Å². The number of sulfonamides is 1. The summed E-state index contributed by atoms with van der Waals surface area (Å²) in [7, 11) is -3.95. The number of nitrogens with one attached hydrogen (secondary N) is 1. The summed E-state index contributed by atoms with van der Waals surface area (Å²) in [5.41, 5.74) is 0.711. The topological polar surface area (TPSA) is 83.5 Å². The van der Waals surface area contributed by atoms with Crippen LogP contribution in [0.2, 0.25) is 0 Å². The van der Waals surface area contributed by atoms with Gasteiger partial charge in [0.25, 0.3) is 10.0 Å². The highest BCUT2D eigenvalue weighted by atomic mass is 32.2. The van der Waals surface area contributed by atoms with Gasteiger partial charge in [0.2, 0.25) is 0 Å². The number of anilines is 1. The van der Waals surface area contributed by atoms with Crippen molar-refractivity contribution in [3.05, 3.63) is 59.4 Å². The average molecular weight is 323 g/mol. The Morgan fingerprint density at radius 2 is 1.91 bits per heavy atom. The maximum absolute atomic E-state index is 13.5. The van der Waals surface area contributed by atoms with Crippen LogP contribution in [0.1, 0.15) is 11.1 Å². The zero-order valence-corrected chi connectivity index (χ0v) is 12.5. The monoisotopic (exact) mass is 323 g/mol. The number of benzene rings is 2. The highest BCUT2D eigenvalue weighted by Gasteiger charge is 2.19. The summed E-state index contributed by atoms with van der Waals surface area (Å²) in [6.07, 6.45) is -0.214. The summed E-state index contributed by atoms with van der Waals surface area (Å²) in [6, 6.07) is 9.87. The molecule has 0 amide bonds. The van der Waals surface area contributed by atoms with Crippen molar-refractivity contribution in [1.29, 1.82) is 0 Å². The van der Waals surface area contributed by atoms with E-state index in [1.807, 2.05) is 0 Å². The van der Waals surface area contributed by atoms with Gasteiger partial charge in [-0.2, -0.15) is 0 Å². The van der Waals surface area contributed by atoms with E-state index in [-0.39, 0.29) is 22.6 Å². The second-order valence-electron chi connectivity index (χ2n) is 4.74. The van der Waals surface area contributed by atoms with E-state index >= 15 is 0 Å². The molecule has 0 spiro atoms. The minimum absolute atomic E-state index is 0.0247. The Labute approximate surface area is 127 Å². The van der Waals surface area contributed by atoms with Gasteiger partial charge in [-0.25, -0.2) is 12.8 Å². The lowest BCUT2D eigenvalue weighted by molar-refractivity contribution is -0.136. The molecule has 2 N–H and O–H groups in total. The van der Waals surface area contributed by atoms with E-state index in [2.05, 4.69) is 4.72 Å². The Kier molecular flexibility index (Phi) is 4.46. The number of carboxylic acid groups (broad SMARTS) is 1. The van der Waals surface area contributed by atoms with Gasteiger partial charge in [-0.1, -0.05) is 18.2 Å². The van der Waals surface area contributed by atoms with Gasteiger partial charge in [0, 0.05) is 11.3 Å². The molecule has 2 aromatic carbocycles. The Morgan fingerprint density at radius 1 is 1.23 bits per heavy atom. The van der Waals surface area contributed by atoms with Crippen LogP contribution in [0.5, 0.6) is 0 Å². The molecule has 0 aliphatic heterocycles. The fourth-order valence-corrected chi connectivity index (χ4v) is 3.31. The van der Waals surface area contributed by atoms with Crippen molar-refractivity contribution in [2.75, 3.05) is 4.72 Å². The molecule has 0 radical (unpaired) electrons. The zero-order chi connectivity index (χ0) is 16.3. The Hall–Kier alpha value is -2.41. The van der Waals surface area contributed by atoms with Crippen LogP contribution in [0.15, 0.2) is 47.4 Å². The summed E-state index contributed by atoms with van der Waals surface area (Å²) in [5.74, 6) is -1.62. The van der Waals surface area contributed by atoms with Crippen molar-refractivity contribution in [1.82, 2.24) is 0 Å². The molecule has 0 aromatic heterocycles. The zero-order valence-electron chi connectivity index (χ0n) is 11.7. The van der Waals surface area contributed by atoms with Crippen LogP contribution in [-0.2, 0) is 21.2 Å². The first-order valence-corrected chi connectivity index (χ1v) is 7.86. The lowest BCUT2D eigenvalue weighted by Crippen LogP contribution is -2.15. The third-order valence-corrected chi connectivity index (χ3v) is 4.57. The number of rotatable bonds is 5. The van der Waals surface area contributed by atoms with Gasteiger partial charge in [-0.05, 0) is 36.8 Å². The summed E-state index contributed by atoms with van der Waals surface area (Å²) >= 11 is 0. The molecule has 116 valence electrons. The van der Waals surface area contributed by atoms with Crippen molar-refractivity contribution >= 4 is 21.7 Å². The Morgan fingerprint density at radius 3 is 2.59 bits per heavy atom. The highest BCUT2D eigenvalue weighted by Crippen LogP contribution is 2.21. The first-order chi connectivity index (χ1) is 10.3. The van der Waals surface area contributed by atoms with Gasteiger partial charge < -0.3 is 5.11 Å². The van der Waals surface area contributed by atoms with Crippen molar-refractivity contribution in [2.24, 2.45) is 0 Å². The summed E-state index contributed by atoms with van der Waals surface area (Å²) < 4.78 is 40.5. The van der Waals surface area contributed by atoms with Crippen molar-refractivity contribution in [2.45, 2.75) is 18.2 Å². The molecule has 2 aromatic rings. The van der Waals surface area contributed by atoms with E-state index in [9.17, 15) is 17.6 Å². The molecule has 7 heteroatoms. The van der Waals surface area contributed by atoms with Crippen LogP contribution in [0.3, 0.4) is 0 Å². The number of halogens is 1. The number of carboxylic acids is 1. The molecular formula is C15H14FNO4S. The van der Waals surface area contributed by atoms with Crippen LogP contribution in [-0.4, -0.2) is 19.5 Å². The molecule has 0 aliphatic rings. The van der Waals surface area contributed by atoms with Crippen LogP contribution < -0.4 is 4.72 Å². The van der Waals surface area contributed by atoms with Gasteiger partial charge in [0.05, 0.1) is 11.3 Å². The lowest BCUT2D eigenvalue weighted by atomic mass is 10.1. The van der Waals surface area contributed by atoms with Gasteiger partial charge in [0.1, 0.15) is 5.82 Å². The number of aliphatic carboxylic acids is 1. The molecule has 0 heterocycles.